The highest BCUT2D eigenvalue weighted by atomic mass is 35.5. The van der Waals surface area contributed by atoms with E-state index in [9.17, 15) is 0 Å². The lowest BCUT2D eigenvalue weighted by Gasteiger charge is -2.26. The van der Waals surface area contributed by atoms with E-state index in [4.69, 9.17) is 11.6 Å². The van der Waals surface area contributed by atoms with Crippen molar-refractivity contribution in [2.45, 2.75) is 32.6 Å². The second-order valence-electron chi connectivity index (χ2n) is 6.07. The van der Waals surface area contributed by atoms with Crippen LogP contribution in [0.3, 0.4) is 0 Å². The Morgan fingerprint density at radius 3 is 2.47 bits per heavy atom. The summed E-state index contributed by atoms with van der Waals surface area (Å²) in [6, 6.07) is 6.22. The summed E-state index contributed by atoms with van der Waals surface area (Å²) in [5.74, 6) is 1.74. The minimum absolute atomic E-state index is 0.812. The van der Waals surface area contributed by atoms with Gasteiger partial charge in [-0.3, -0.25) is 0 Å². The zero-order valence-corrected chi connectivity index (χ0v) is 13.0. The normalized spacial score (nSPS) is 23.2. The zero-order valence-electron chi connectivity index (χ0n) is 12.2. The molecule has 0 aromatic heterocycles. The molecule has 1 saturated carbocycles. The zero-order chi connectivity index (χ0) is 13.8. The second-order valence-corrected chi connectivity index (χ2v) is 6.47. The number of rotatable bonds is 4. The van der Waals surface area contributed by atoms with Crippen molar-refractivity contribution in [1.29, 1.82) is 0 Å². The SMILES string of the molecule is CC1CCC(CNc2ccc(N(C)C)c(Cl)c2)CC1. The molecule has 0 unspecified atom stereocenters. The Balaban J connectivity index is 1.88. The first-order chi connectivity index (χ1) is 9.06. The summed E-state index contributed by atoms with van der Waals surface area (Å²) in [6.45, 7) is 3.44. The topological polar surface area (TPSA) is 15.3 Å². The van der Waals surface area contributed by atoms with Gasteiger partial charge < -0.3 is 10.2 Å². The average Bonchev–Trinajstić information content (AvgIpc) is 2.37. The molecule has 1 aliphatic carbocycles. The van der Waals surface area contributed by atoms with E-state index in [-0.39, 0.29) is 0 Å². The minimum atomic E-state index is 0.812. The van der Waals surface area contributed by atoms with E-state index >= 15 is 0 Å². The fourth-order valence-electron chi connectivity index (χ4n) is 2.77. The molecule has 1 N–H and O–H groups in total. The van der Waals surface area contributed by atoms with Crippen molar-refractivity contribution in [3.05, 3.63) is 23.2 Å². The molecular weight excluding hydrogens is 256 g/mol. The number of hydrogen-bond acceptors (Lipinski definition) is 2. The Bertz CT molecular complexity index is 409. The Morgan fingerprint density at radius 1 is 1.21 bits per heavy atom. The molecule has 1 aromatic rings. The lowest BCUT2D eigenvalue weighted by Crippen LogP contribution is -2.20. The van der Waals surface area contributed by atoms with Crippen LogP contribution in [-0.2, 0) is 0 Å². The van der Waals surface area contributed by atoms with Gasteiger partial charge in [0.25, 0.3) is 0 Å². The molecule has 0 heterocycles. The predicted molar refractivity (Wildman–Crippen MR) is 85.4 cm³/mol. The van der Waals surface area contributed by atoms with Crippen molar-refractivity contribution in [3.63, 3.8) is 0 Å². The standard InChI is InChI=1S/C16H25ClN2/c1-12-4-6-13(7-5-12)11-18-14-8-9-16(19(2)3)15(17)10-14/h8-10,12-13,18H,4-7,11H2,1-3H3. The van der Waals surface area contributed by atoms with E-state index < -0.39 is 0 Å². The first kappa shape index (κ1) is 14.5. The Kier molecular flexibility index (Phi) is 4.98. The highest BCUT2D eigenvalue weighted by Crippen LogP contribution is 2.30. The van der Waals surface area contributed by atoms with Crippen LogP contribution in [0.2, 0.25) is 5.02 Å². The van der Waals surface area contributed by atoms with Crippen LogP contribution in [0, 0.1) is 11.8 Å². The number of anilines is 2. The first-order valence-electron chi connectivity index (χ1n) is 7.27. The molecule has 19 heavy (non-hydrogen) atoms. The summed E-state index contributed by atoms with van der Waals surface area (Å²) in [5.41, 5.74) is 2.20. The maximum Gasteiger partial charge on any atom is 0.0659 e. The van der Waals surface area contributed by atoms with E-state index in [1.54, 1.807) is 0 Å². The molecule has 1 aliphatic rings. The van der Waals surface area contributed by atoms with Gasteiger partial charge >= 0.3 is 0 Å². The fourth-order valence-corrected chi connectivity index (χ4v) is 3.12. The number of halogens is 1. The Hall–Kier alpha value is -0.890. The van der Waals surface area contributed by atoms with E-state index in [0.717, 1.165) is 34.8 Å². The van der Waals surface area contributed by atoms with Crippen molar-refractivity contribution < 1.29 is 0 Å². The Morgan fingerprint density at radius 2 is 1.89 bits per heavy atom. The summed E-state index contributed by atoms with van der Waals surface area (Å²) >= 11 is 6.28. The van der Waals surface area contributed by atoms with Gasteiger partial charge in [-0.2, -0.15) is 0 Å². The van der Waals surface area contributed by atoms with Crippen molar-refractivity contribution >= 4 is 23.0 Å². The molecule has 3 heteroatoms. The summed E-state index contributed by atoms with van der Waals surface area (Å²) in [5, 5.41) is 4.35. The largest absolute Gasteiger partial charge is 0.385 e. The van der Waals surface area contributed by atoms with Crippen LogP contribution >= 0.6 is 11.6 Å². The fraction of sp³-hybridized carbons (Fsp3) is 0.625. The highest BCUT2D eigenvalue weighted by Gasteiger charge is 2.17. The molecule has 1 aromatic carbocycles. The van der Waals surface area contributed by atoms with Gasteiger partial charge in [-0.1, -0.05) is 31.4 Å². The van der Waals surface area contributed by atoms with E-state index in [2.05, 4.69) is 24.4 Å². The smallest absolute Gasteiger partial charge is 0.0659 e. The molecular formula is C16H25ClN2. The van der Waals surface area contributed by atoms with Gasteiger partial charge in [-0.05, 0) is 42.9 Å². The van der Waals surface area contributed by atoms with E-state index in [1.165, 1.54) is 25.7 Å². The molecule has 2 rings (SSSR count). The van der Waals surface area contributed by atoms with Crippen LogP contribution in [0.1, 0.15) is 32.6 Å². The average molecular weight is 281 g/mol. The quantitative estimate of drug-likeness (QED) is 0.864. The molecule has 0 saturated heterocycles. The predicted octanol–water partition coefficient (Wildman–Crippen LogP) is 4.64. The minimum Gasteiger partial charge on any atom is -0.385 e. The van der Waals surface area contributed by atoms with Gasteiger partial charge in [0.1, 0.15) is 0 Å². The molecule has 0 aliphatic heterocycles. The summed E-state index contributed by atoms with van der Waals surface area (Å²) in [4.78, 5) is 2.04. The molecule has 0 radical (unpaired) electrons. The van der Waals surface area contributed by atoms with Crippen molar-refractivity contribution in [2.24, 2.45) is 11.8 Å². The van der Waals surface area contributed by atoms with Gasteiger partial charge in [0.15, 0.2) is 0 Å². The van der Waals surface area contributed by atoms with Crippen LogP contribution in [0.5, 0.6) is 0 Å². The lowest BCUT2D eigenvalue weighted by atomic mass is 9.83. The van der Waals surface area contributed by atoms with Crippen molar-refractivity contribution in [2.75, 3.05) is 30.9 Å². The molecule has 0 bridgehead atoms. The summed E-state index contributed by atoms with van der Waals surface area (Å²) < 4.78 is 0. The van der Waals surface area contributed by atoms with Crippen molar-refractivity contribution in [3.8, 4) is 0 Å². The monoisotopic (exact) mass is 280 g/mol. The second kappa shape index (κ2) is 6.51. The maximum atomic E-state index is 6.28. The van der Waals surface area contributed by atoms with Crippen LogP contribution in [-0.4, -0.2) is 20.6 Å². The lowest BCUT2D eigenvalue weighted by molar-refractivity contribution is 0.300. The molecule has 0 amide bonds. The molecule has 2 nitrogen and oxygen atoms in total. The van der Waals surface area contributed by atoms with Crippen LogP contribution < -0.4 is 10.2 Å². The molecule has 0 atom stereocenters. The van der Waals surface area contributed by atoms with E-state index in [1.807, 2.05) is 25.1 Å². The maximum absolute atomic E-state index is 6.28. The number of hydrogen-bond donors (Lipinski definition) is 1. The van der Waals surface area contributed by atoms with Gasteiger partial charge in [-0.25, -0.2) is 0 Å². The van der Waals surface area contributed by atoms with Crippen LogP contribution in [0.25, 0.3) is 0 Å². The third-order valence-corrected chi connectivity index (χ3v) is 4.46. The molecule has 1 fully saturated rings. The Labute approximate surface area is 122 Å². The highest BCUT2D eigenvalue weighted by molar-refractivity contribution is 6.33. The van der Waals surface area contributed by atoms with Gasteiger partial charge in [0.2, 0.25) is 0 Å². The van der Waals surface area contributed by atoms with Crippen LogP contribution in [0.4, 0.5) is 11.4 Å². The van der Waals surface area contributed by atoms with Gasteiger partial charge in [0.05, 0.1) is 10.7 Å². The summed E-state index contributed by atoms with van der Waals surface area (Å²) in [6.07, 6.45) is 5.48. The number of nitrogens with zero attached hydrogens (tertiary/aromatic N) is 1. The van der Waals surface area contributed by atoms with Crippen molar-refractivity contribution in [1.82, 2.24) is 0 Å². The molecule has 106 valence electrons. The summed E-state index contributed by atoms with van der Waals surface area (Å²) in [7, 11) is 4.02. The van der Waals surface area contributed by atoms with E-state index in [0.29, 0.717) is 0 Å². The number of nitrogens with one attached hydrogen (secondary N) is 1. The van der Waals surface area contributed by atoms with Crippen LogP contribution in [0.15, 0.2) is 18.2 Å². The third-order valence-electron chi connectivity index (χ3n) is 4.16. The third kappa shape index (κ3) is 4.04. The molecule has 0 spiro atoms. The first-order valence-corrected chi connectivity index (χ1v) is 7.65. The number of benzene rings is 1. The van der Waals surface area contributed by atoms with Gasteiger partial charge in [-0.15, -0.1) is 0 Å². The van der Waals surface area contributed by atoms with Gasteiger partial charge in [0, 0.05) is 26.3 Å².